The van der Waals surface area contributed by atoms with Gasteiger partial charge in [-0.2, -0.15) is 4.31 Å². The third-order valence-corrected chi connectivity index (χ3v) is 6.84. The van der Waals surface area contributed by atoms with E-state index < -0.39 is 26.6 Å². The summed E-state index contributed by atoms with van der Waals surface area (Å²) in [7, 11) is -4.21. The highest BCUT2D eigenvalue weighted by molar-refractivity contribution is 7.89. The van der Waals surface area contributed by atoms with E-state index in [0.717, 1.165) is 22.1 Å². The predicted octanol–water partition coefficient (Wildman–Crippen LogP) is 2.30. The topological polar surface area (TPSA) is 75.5 Å². The molecule has 0 N–H and O–H groups in total. The summed E-state index contributed by atoms with van der Waals surface area (Å²) in [6, 6.07) is 11.6. The lowest BCUT2D eigenvalue weighted by Crippen LogP contribution is -2.50. The molecule has 1 saturated heterocycles. The molecule has 0 unspecified atom stereocenters. The monoisotopic (exact) mass is 432 g/mol. The summed E-state index contributed by atoms with van der Waals surface area (Å²) < 4.78 is 55.5. The van der Waals surface area contributed by atoms with Crippen LogP contribution >= 0.6 is 0 Å². The van der Waals surface area contributed by atoms with Gasteiger partial charge < -0.3 is 4.90 Å². The van der Waals surface area contributed by atoms with Crippen LogP contribution in [-0.4, -0.2) is 59.3 Å². The number of sulfonamides is 1. The second kappa shape index (κ2) is 7.96. The molecule has 0 saturated carbocycles. The van der Waals surface area contributed by atoms with E-state index in [1.165, 1.54) is 17.4 Å². The van der Waals surface area contributed by atoms with Gasteiger partial charge in [0.25, 0.3) is 5.91 Å². The third-order valence-electron chi connectivity index (χ3n) is 4.93. The number of hydrogen-bond acceptors (Lipinski definition) is 4. The molecule has 30 heavy (non-hydrogen) atoms. The van der Waals surface area contributed by atoms with Crippen LogP contribution in [0, 0.1) is 11.6 Å². The first-order chi connectivity index (χ1) is 14.4. The molecule has 1 fully saturated rings. The maximum atomic E-state index is 14.0. The van der Waals surface area contributed by atoms with Crippen molar-refractivity contribution >= 4 is 15.9 Å². The molecule has 3 aromatic rings. The Labute approximate surface area is 172 Å². The van der Waals surface area contributed by atoms with Gasteiger partial charge >= 0.3 is 0 Å². The van der Waals surface area contributed by atoms with Gasteiger partial charge in [-0.15, -0.1) is 0 Å². The molecule has 4 rings (SSSR count). The van der Waals surface area contributed by atoms with Gasteiger partial charge in [-0.25, -0.2) is 22.2 Å². The largest absolute Gasteiger partial charge is 0.335 e. The number of carbonyl (C=O) groups excluding carboxylic acids is 1. The van der Waals surface area contributed by atoms with Gasteiger partial charge in [-0.3, -0.25) is 9.36 Å². The summed E-state index contributed by atoms with van der Waals surface area (Å²) in [5.41, 5.74) is 1.13. The van der Waals surface area contributed by atoms with E-state index in [4.69, 9.17) is 0 Å². The number of nitrogens with zero attached hydrogens (tertiary/aromatic N) is 4. The third kappa shape index (κ3) is 3.71. The number of para-hydroxylation sites is 1. The molecule has 1 aliphatic heterocycles. The molecule has 10 heteroatoms. The molecule has 7 nitrogen and oxygen atoms in total. The first-order valence-corrected chi connectivity index (χ1v) is 10.6. The van der Waals surface area contributed by atoms with Crippen LogP contribution in [0.25, 0.3) is 5.69 Å². The van der Waals surface area contributed by atoms with Crippen molar-refractivity contribution in [3.05, 3.63) is 78.4 Å². The van der Waals surface area contributed by atoms with Crippen LogP contribution in [-0.2, 0) is 10.0 Å². The van der Waals surface area contributed by atoms with E-state index in [-0.39, 0.29) is 32.1 Å². The molecule has 0 spiro atoms. The van der Waals surface area contributed by atoms with Crippen LogP contribution in [0.3, 0.4) is 0 Å². The first-order valence-electron chi connectivity index (χ1n) is 9.20. The minimum atomic E-state index is -4.21. The minimum absolute atomic E-state index is 0.0243. The highest BCUT2D eigenvalue weighted by Gasteiger charge is 2.33. The number of aromatic nitrogens is 2. The van der Waals surface area contributed by atoms with Crippen molar-refractivity contribution in [2.45, 2.75) is 4.90 Å². The average Bonchev–Trinajstić information content (AvgIpc) is 3.25. The van der Waals surface area contributed by atoms with Gasteiger partial charge in [0, 0.05) is 31.9 Å². The molecule has 0 bridgehead atoms. The lowest BCUT2D eigenvalue weighted by Gasteiger charge is -2.34. The first kappa shape index (κ1) is 20.2. The zero-order chi connectivity index (χ0) is 21.3. The number of hydrogen-bond donors (Lipinski definition) is 0. The van der Waals surface area contributed by atoms with E-state index in [0.29, 0.717) is 11.8 Å². The number of benzene rings is 2. The molecule has 1 aliphatic rings. The minimum Gasteiger partial charge on any atom is -0.335 e. The molecule has 0 aliphatic carbocycles. The second-order valence-electron chi connectivity index (χ2n) is 6.76. The number of rotatable bonds is 4. The summed E-state index contributed by atoms with van der Waals surface area (Å²) in [4.78, 5) is 17.8. The van der Waals surface area contributed by atoms with Crippen molar-refractivity contribution in [1.29, 1.82) is 0 Å². The van der Waals surface area contributed by atoms with Gasteiger partial charge in [0.15, 0.2) is 0 Å². The van der Waals surface area contributed by atoms with Gasteiger partial charge in [-0.05, 0) is 30.3 Å². The number of amides is 1. The molecule has 0 atom stereocenters. The van der Waals surface area contributed by atoms with Crippen molar-refractivity contribution in [2.24, 2.45) is 0 Å². The van der Waals surface area contributed by atoms with Gasteiger partial charge in [0.05, 0.1) is 12.5 Å². The normalized spacial score (nSPS) is 15.3. The standard InChI is InChI=1S/C20H18F2N4O3S/c21-15-6-7-17(22)19(12-15)30(28,29)25-10-8-24(9-11-25)20(27)18-13-23-14-26(18)16-4-2-1-3-5-16/h1-7,12-14H,8-11H2. The van der Waals surface area contributed by atoms with Crippen molar-refractivity contribution in [3.63, 3.8) is 0 Å². The number of halogens is 2. The zero-order valence-corrected chi connectivity index (χ0v) is 16.6. The number of carbonyl (C=O) groups is 1. The highest BCUT2D eigenvalue weighted by atomic mass is 32.2. The molecular weight excluding hydrogens is 414 g/mol. The van der Waals surface area contributed by atoms with Crippen molar-refractivity contribution in [3.8, 4) is 5.69 Å². The quantitative estimate of drug-likeness (QED) is 0.634. The molecule has 1 amide bonds. The van der Waals surface area contributed by atoms with E-state index in [9.17, 15) is 22.0 Å². The Morgan fingerprint density at radius 1 is 0.967 bits per heavy atom. The fraction of sp³-hybridized carbons (Fsp3) is 0.200. The van der Waals surface area contributed by atoms with E-state index in [1.807, 2.05) is 30.3 Å². The lowest BCUT2D eigenvalue weighted by atomic mass is 10.3. The fourth-order valence-electron chi connectivity index (χ4n) is 3.36. The van der Waals surface area contributed by atoms with Gasteiger partial charge in [0.1, 0.15) is 22.2 Å². The van der Waals surface area contributed by atoms with E-state index in [2.05, 4.69) is 4.98 Å². The maximum absolute atomic E-state index is 14.0. The van der Waals surface area contributed by atoms with Crippen LogP contribution < -0.4 is 0 Å². The predicted molar refractivity (Wildman–Crippen MR) is 105 cm³/mol. The molecule has 0 radical (unpaired) electrons. The van der Waals surface area contributed by atoms with Crippen LogP contribution in [0.1, 0.15) is 10.5 Å². The number of piperazine rings is 1. The Morgan fingerprint density at radius 3 is 2.37 bits per heavy atom. The van der Waals surface area contributed by atoms with Gasteiger partial charge in [-0.1, -0.05) is 18.2 Å². The molecule has 2 heterocycles. The van der Waals surface area contributed by atoms with Crippen LogP contribution in [0.2, 0.25) is 0 Å². The van der Waals surface area contributed by atoms with Crippen molar-refractivity contribution in [2.75, 3.05) is 26.2 Å². The lowest BCUT2D eigenvalue weighted by molar-refractivity contribution is 0.0689. The Morgan fingerprint density at radius 2 is 1.67 bits per heavy atom. The van der Waals surface area contributed by atoms with Crippen molar-refractivity contribution < 1.29 is 22.0 Å². The van der Waals surface area contributed by atoms with Crippen LogP contribution in [0.15, 0.2) is 66.0 Å². The zero-order valence-electron chi connectivity index (χ0n) is 15.8. The summed E-state index contributed by atoms with van der Waals surface area (Å²) in [5.74, 6) is -2.13. The molecule has 156 valence electrons. The van der Waals surface area contributed by atoms with E-state index >= 15 is 0 Å². The SMILES string of the molecule is O=C(c1cncn1-c1ccccc1)N1CCN(S(=O)(=O)c2cc(F)ccc2F)CC1. The Balaban J connectivity index is 1.50. The maximum Gasteiger partial charge on any atom is 0.272 e. The summed E-state index contributed by atoms with van der Waals surface area (Å²) >= 11 is 0. The van der Waals surface area contributed by atoms with Crippen LogP contribution in [0.4, 0.5) is 8.78 Å². The molecular formula is C20H18F2N4O3S. The summed E-state index contributed by atoms with van der Waals surface area (Å²) in [6.45, 7) is 0.191. The second-order valence-corrected chi connectivity index (χ2v) is 8.66. The number of imidazole rings is 1. The van der Waals surface area contributed by atoms with Gasteiger partial charge in [0.2, 0.25) is 10.0 Å². The summed E-state index contributed by atoms with van der Waals surface area (Å²) in [5, 5.41) is 0. The van der Waals surface area contributed by atoms with Crippen LogP contribution in [0.5, 0.6) is 0 Å². The van der Waals surface area contributed by atoms with E-state index in [1.54, 1.807) is 4.57 Å². The summed E-state index contributed by atoms with van der Waals surface area (Å²) in [6.07, 6.45) is 3.00. The molecule has 1 aromatic heterocycles. The van der Waals surface area contributed by atoms with Crippen molar-refractivity contribution in [1.82, 2.24) is 18.8 Å². The molecule has 2 aromatic carbocycles. The Hall–Kier alpha value is -3.11. The Bertz CT molecular complexity index is 1170. The highest BCUT2D eigenvalue weighted by Crippen LogP contribution is 2.22. The fourth-order valence-corrected chi connectivity index (χ4v) is 4.85. The smallest absolute Gasteiger partial charge is 0.272 e. The average molecular weight is 432 g/mol. The Kier molecular flexibility index (Phi) is 5.35.